The third-order valence-electron chi connectivity index (χ3n) is 3.47. The SMILES string of the molecule is C/C(=N/OCc1nc2ccccc2c(=O)n1N)c1ccccc1. The zero-order valence-corrected chi connectivity index (χ0v) is 12.6. The minimum Gasteiger partial charge on any atom is -0.387 e. The summed E-state index contributed by atoms with van der Waals surface area (Å²) < 4.78 is 0.996. The summed E-state index contributed by atoms with van der Waals surface area (Å²) in [5, 5.41) is 4.52. The molecule has 1 aromatic heterocycles. The second-order valence-electron chi connectivity index (χ2n) is 5.04. The summed E-state index contributed by atoms with van der Waals surface area (Å²) in [5.41, 5.74) is 1.97. The zero-order valence-electron chi connectivity index (χ0n) is 12.6. The first-order valence-electron chi connectivity index (χ1n) is 7.14. The van der Waals surface area contributed by atoms with Crippen LogP contribution in [0.25, 0.3) is 10.9 Å². The maximum absolute atomic E-state index is 12.2. The van der Waals surface area contributed by atoms with Crippen LogP contribution in [0.15, 0.2) is 64.5 Å². The fraction of sp³-hybridized carbons (Fsp3) is 0.118. The number of hydrogen-bond donors (Lipinski definition) is 1. The van der Waals surface area contributed by atoms with E-state index < -0.39 is 0 Å². The molecule has 0 aliphatic carbocycles. The number of aromatic nitrogens is 2. The summed E-state index contributed by atoms with van der Waals surface area (Å²) in [7, 11) is 0. The van der Waals surface area contributed by atoms with Gasteiger partial charge in [-0.1, -0.05) is 47.6 Å². The van der Waals surface area contributed by atoms with Crippen molar-refractivity contribution in [2.75, 3.05) is 5.84 Å². The van der Waals surface area contributed by atoms with Crippen molar-refractivity contribution in [2.45, 2.75) is 13.5 Å². The minimum atomic E-state index is -0.307. The van der Waals surface area contributed by atoms with Crippen LogP contribution in [0.4, 0.5) is 0 Å². The maximum atomic E-state index is 12.2. The number of para-hydroxylation sites is 1. The van der Waals surface area contributed by atoms with Crippen LogP contribution in [0.2, 0.25) is 0 Å². The first kappa shape index (κ1) is 14.8. The molecule has 0 radical (unpaired) electrons. The standard InChI is InChI=1S/C17H16N4O2/c1-12(13-7-3-2-4-8-13)20-23-11-16-19-15-10-6-5-9-14(15)17(22)21(16)18/h2-10H,11,18H2,1H3/b20-12-. The highest BCUT2D eigenvalue weighted by Gasteiger charge is 2.08. The Morgan fingerprint density at radius 3 is 2.65 bits per heavy atom. The molecule has 6 heteroatoms. The Morgan fingerprint density at radius 1 is 1.17 bits per heavy atom. The lowest BCUT2D eigenvalue weighted by molar-refractivity contribution is 0.122. The summed E-state index contributed by atoms with van der Waals surface area (Å²) in [4.78, 5) is 21.8. The predicted octanol–water partition coefficient (Wildman–Crippen LogP) is 2.05. The highest BCUT2D eigenvalue weighted by Crippen LogP contribution is 2.08. The average molecular weight is 308 g/mol. The molecule has 0 spiro atoms. The normalized spacial score (nSPS) is 11.6. The minimum absolute atomic E-state index is 0.0146. The quantitative estimate of drug-likeness (QED) is 0.454. The summed E-state index contributed by atoms with van der Waals surface area (Å²) in [5.74, 6) is 6.11. The summed E-state index contributed by atoms with van der Waals surface area (Å²) >= 11 is 0. The molecule has 1 heterocycles. The van der Waals surface area contributed by atoms with Gasteiger partial charge in [-0.3, -0.25) is 4.79 Å². The van der Waals surface area contributed by atoms with Crippen molar-refractivity contribution < 1.29 is 4.84 Å². The van der Waals surface area contributed by atoms with Crippen molar-refractivity contribution in [2.24, 2.45) is 5.16 Å². The van der Waals surface area contributed by atoms with E-state index >= 15 is 0 Å². The monoisotopic (exact) mass is 308 g/mol. The zero-order chi connectivity index (χ0) is 16.2. The number of nitrogen functional groups attached to an aromatic ring is 1. The predicted molar refractivity (Wildman–Crippen MR) is 89.6 cm³/mol. The van der Waals surface area contributed by atoms with Crippen molar-refractivity contribution >= 4 is 16.6 Å². The summed E-state index contributed by atoms with van der Waals surface area (Å²) in [6, 6.07) is 16.7. The first-order valence-corrected chi connectivity index (χ1v) is 7.14. The molecule has 0 bridgehead atoms. The van der Waals surface area contributed by atoms with E-state index in [4.69, 9.17) is 10.7 Å². The Kier molecular flexibility index (Phi) is 4.05. The van der Waals surface area contributed by atoms with Crippen molar-refractivity contribution in [3.05, 3.63) is 76.3 Å². The number of nitrogens with zero attached hydrogens (tertiary/aromatic N) is 3. The molecule has 0 saturated heterocycles. The lowest BCUT2D eigenvalue weighted by Crippen LogP contribution is -2.31. The van der Waals surface area contributed by atoms with Gasteiger partial charge in [0, 0.05) is 0 Å². The Bertz CT molecular complexity index is 917. The molecule has 23 heavy (non-hydrogen) atoms. The Labute approximate surface area is 132 Å². The molecule has 3 aromatic rings. The maximum Gasteiger partial charge on any atom is 0.279 e. The van der Waals surface area contributed by atoms with Crippen molar-refractivity contribution in [3.63, 3.8) is 0 Å². The van der Waals surface area contributed by atoms with Gasteiger partial charge in [0.1, 0.15) is 0 Å². The number of oxime groups is 1. The Balaban J connectivity index is 1.82. The van der Waals surface area contributed by atoms with Gasteiger partial charge in [0.15, 0.2) is 12.4 Å². The van der Waals surface area contributed by atoms with Gasteiger partial charge < -0.3 is 10.7 Å². The molecule has 0 aliphatic heterocycles. The van der Waals surface area contributed by atoms with Gasteiger partial charge in [-0.05, 0) is 24.6 Å². The van der Waals surface area contributed by atoms with Gasteiger partial charge in [-0.2, -0.15) is 0 Å². The molecule has 0 fully saturated rings. The van der Waals surface area contributed by atoms with Crippen LogP contribution in [0, 0.1) is 0 Å². The van der Waals surface area contributed by atoms with Crippen molar-refractivity contribution in [3.8, 4) is 0 Å². The molecule has 0 saturated carbocycles. The molecule has 0 atom stereocenters. The number of hydrogen-bond acceptors (Lipinski definition) is 5. The number of rotatable bonds is 4. The first-order chi connectivity index (χ1) is 11.2. The molecule has 2 aromatic carbocycles. The second-order valence-corrected chi connectivity index (χ2v) is 5.04. The van der Waals surface area contributed by atoms with Gasteiger partial charge in [0.2, 0.25) is 0 Å². The van der Waals surface area contributed by atoms with Crippen LogP contribution >= 0.6 is 0 Å². The smallest absolute Gasteiger partial charge is 0.279 e. The van der Waals surface area contributed by atoms with E-state index in [-0.39, 0.29) is 12.2 Å². The fourth-order valence-electron chi connectivity index (χ4n) is 2.21. The summed E-state index contributed by atoms with van der Waals surface area (Å²) in [6.45, 7) is 1.86. The summed E-state index contributed by atoms with van der Waals surface area (Å²) in [6.07, 6.45) is 0. The molecular weight excluding hydrogens is 292 g/mol. The van der Waals surface area contributed by atoms with Gasteiger partial charge >= 0.3 is 0 Å². The van der Waals surface area contributed by atoms with Crippen molar-refractivity contribution in [1.82, 2.24) is 9.66 Å². The largest absolute Gasteiger partial charge is 0.387 e. The molecule has 0 unspecified atom stereocenters. The van der Waals surface area contributed by atoms with Gasteiger partial charge in [0.25, 0.3) is 5.56 Å². The molecule has 6 nitrogen and oxygen atoms in total. The molecule has 116 valence electrons. The van der Waals surface area contributed by atoms with E-state index in [0.717, 1.165) is 16.0 Å². The highest BCUT2D eigenvalue weighted by molar-refractivity contribution is 5.98. The number of fused-ring (bicyclic) bond motifs is 1. The fourth-order valence-corrected chi connectivity index (χ4v) is 2.21. The molecule has 0 aliphatic rings. The van der Waals surface area contributed by atoms with Crippen LogP contribution < -0.4 is 11.4 Å². The van der Waals surface area contributed by atoms with Gasteiger partial charge in [-0.15, -0.1) is 0 Å². The van der Waals surface area contributed by atoms with E-state index in [2.05, 4.69) is 10.1 Å². The second kappa shape index (κ2) is 6.31. The van der Waals surface area contributed by atoms with E-state index in [9.17, 15) is 4.79 Å². The molecular formula is C17H16N4O2. The van der Waals surface area contributed by atoms with Crippen LogP contribution in [-0.4, -0.2) is 15.4 Å². The third kappa shape index (κ3) is 3.06. The molecule has 2 N–H and O–H groups in total. The van der Waals surface area contributed by atoms with E-state index in [0.29, 0.717) is 16.7 Å². The average Bonchev–Trinajstić information content (AvgIpc) is 2.60. The molecule has 0 amide bonds. The number of benzene rings is 2. The lowest BCUT2D eigenvalue weighted by atomic mass is 10.1. The van der Waals surface area contributed by atoms with E-state index in [1.165, 1.54) is 0 Å². The Hall–Kier alpha value is -3.15. The van der Waals surface area contributed by atoms with Gasteiger partial charge in [0.05, 0.1) is 16.6 Å². The lowest BCUT2D eigenvalue weighted by Gasteiger charge is -2.08. The topological polar surface area (TPSA) is 82.5 Å². The molecule has 3 rings (SSSR count). The highest BCUT2D eigenvalue weighted by atomic mass is 16.6. The van der Waals surface area contributed by atoms with E-state index in [1.807, 2.05) is 43.3 Å². The van der Waals surface area contributed by atoms with E-state index in [1.54, 1.807) is 18.2 Å². The van der Waals surface area contributed by atoms with Gasteiger partial charge in [-0.25, -0.2) is 9.66 Å². The Morgan fingerprint density at radius 2 is 1.87 bits per heavy atom. The third-order valence-corrected chi connectivity index (χ3v) is 3.47. The number of nitrogens with two attached hydrogens (primary N) is 1. The van der Waals surface area contributed by atoms with Crippen LogP contribution in [0.1, 0.15) is 18.3 Å². The van der Waals surface area contributed by atoms with Crippen molar-refractivity contribution in [1.29, 1.82) is 0 Å². The van der Waals surface area contributed by atoms with Crippen LogP contribution in [0.5, 0.6) is 0 Å². The van der Waals surface area contributed by atoms with Crippen LogP contribution in [-0.2, 0) is 11.4 Å². The van der Waals surface area contributed by atoms with Crippen LogP contribution in [0.3, 0.4) is 0 Å².